The van der Waals surface area contributed by atoms with Crippen LogP contribution in [-0.2, 0) is 16.1 Å². The second kappa shape index (κ2) is 9.51. The Bertz CT molecular complexity index is 777. The van der Waals surface area contributed by atoms with Crippen LogP contribution in [0.3, 0.4) is 0 Å². The fourth-order valence-corrected chi connectivity index (χ4v) is 3.62. The summed E-state index contributed by atoms with van der Waals surface area (Å²) in [6.45, 7) is 2.68. The van der Waals surface area contributed by atoms with Crippen LogP contribution in [0.5, 0.6) is 0 Å². The monoisotopic (exact) mass is 379 g/mol. The summed E-state index contributed by atoms with van der Waals surface area (Å²) < 4.78 is 0. The number of carbonyl (C=O) groups excluding carboxylic acids is 2. The van der Waals surface area contributed by atoms with Crippen LogP contribution in [-0.4, -0.2) is 55.3 Å². The van der Waals surface area contributed by atoms with Gasteiger partial charge in [-0.3, -0.25) is 9.59 Å². The predicted molar refractivity (Wildman–Crippen MR) is 112 cm³/mol. The van der Waals surface area contributed by atoms with Gasteiger partial charge < -0.3 is 14.7 Å². The summed E-state index contributed by atoms with van der Waals surface area (Å²) in [7, 11) is 4.05. The molecule has 0 spiro atoms. The Kier molecular flexibility index (Phi) is 6.82. The minimum Gasteiger partial charge on any atom is -0.342 e. The number of carbonyl (C=O) groups is 2. The third-order valence-electron chi connectivity index (χ3n) is 5.11. The van der Waals surface area contributed by atoms with E-state index in [2.05, 4.69) is 4.90 Å². The largest absolute Gasteiger partial charge is 0.342 e. The fourth-order valence-electron chi connectivity index (χ4n) is 3.62. The first-order chi connectivity index (χ1) is 13.5. The third-order valence-corrected chi connectivity index (χ3v) is 5.11. The molecule has 148 valence electrons. The number of nitrogens with zero attached hydrogens (tertiary/aromatic N) is 3. The Morgan fingerprint density at radius 2 is 1.68 bits per heavy atom. The minimum absolute atomic E-state index is 0.0264. The van der Waals surface area contributed by atoms with Crippen molar-refractivity contribution < 1.29 is 9.59 Å². The Hall–Kier alpha value is -2.66. The Balaban J connectivity index is 1.71. The molecule has 0 bridgehead atoms. The lowest BCUT2D eigenvalue weighted by Gasteiger charge is -2.26. The molecular formula is C23H29N3O2. The summed E-state index contributed by atoms with van der Waals surface area (Å²) >= 11 is 0. The lowest BCUT2D eigenvalue weighted by atomic mass is 10.1. The van der Waals surface area contributed by atoms with Gasteiger partial charge in [0.25, 0.3) is 0 Å². The maximum absolute atomic E-state index is 13.4. The highest BCUT2D eigenvalue weighted by Crippen LogP contribution is 2.25. The number of hydrogen-bond donors (Lipinski definition) is 0. The topological polar surface area (TPSA) is 43.9 Å². The molecule has 5 nitrogen and oxygen atoms in total. The summed E-state index contributed by atoms with van der Waals surface area (Å²) in [4.78, 5) is 31.6. The van der Waals surface area contributed by atoms with Gasteiger partial charge in [-0.2, -0.15) is 0 Å². The van der Waals surface area contributed by atoms with Crippen LogP contribution in [0.25, 0.3) is 0 Å². The molecule has 1 aliphatic heterocycles. The smallest absolute Gasteiger partial charge is 0.232 e. The average Bonchev–Trinajstić information content (AvgIpc) is 3.07. The highest BCUT2D eigenvalue weighted by Gasteiger charge is 2.36. The van der Waals surface area contributed by atoms with Crippen LogP contribution < -0.4 is 4.90 Å². The van der Waals surface area contributed by atoms with Gasteiger partial charge in [-0.05, 0) is 44.8 Å². The molecule has 1 unspecified atom stereocenters. The first-order valence-electron chi connectivity index (χ1n) is 9.87. The van der Waals surface area contributed by atoms with Gasteiger partial charge in [0.1, 0.15) is 0 Å². The number of amides is 2. The van der Waals surface area contributed by atoms with E-state index in [1.54, 1.807) is 0 Å². The van der Waals surface area contributed by atoms with Crippen molar-refractivity contribution >= 4 is 17.5 Å². The zero-order valence-electron chi connectivity index (χ0n) is 16.8. The van der Waals surface area contributed by atoms with Crippen LogP contribution in [0.15, 0.2) is 60.7 Å². The van der Waals surface area contributed by atoms with E-state index in [0.29, 0.717) is 26.1 Å². The first kappa shape index (κ1) is 20.1. The van der Waals surface area contributed by atoms with Crippen molar-refractivity contribution in [3.8, 4) is 0 Å². The van der Waals surface area contributed by atoms with Crippen molar-refractivity contribution in [3.05, 3.63) is 66.2 Å². The zero-order valence-corrected chi connectivity index (χ0v) is 16.8. The molecule has 1 fully saturated rings. The SMILES string of the molecule is CN(C)CCCN1CC(C(=O)N(Cc2ccccc2)c2ccccc2)CC1=O. The summed E-state index contributed by atoms with van der Waals surface area (Å²) in [5.74, 6) is -0.167. The summed E-state index contributed by atoms with van der Waals surface area (Å²) in [5, 5.41) is 0. The molecular weight excluding hydrogens is 350 g/mol. The number of para-hydroxylation sites is 1. The summed E-state index contributed by atoms with van der Waals surface area (Å²) in [6.07, 6.45) is 1.23. The van der Waals surface area contributed by atoms with E-state index in [1.807, 2.05) is 84.6 Å². The van der Waals surface area contributed by atoms with Crippen LogP contribution in [0.4, 0.5) is 5.69 Å². The molecule has 2 aromatic rings. The van der Waals surface area contributed by atoms with Crippen LogP contribution in [0.2, 0.25) is 0 Å². The molecule has 2 amide bonds. The van der Waals surface area contributed by atoms with Gasteiger partial charge in [-0.1, -0.05) is 48.5 Å². The maximum Gasteiger partial charge on any atom is 0.232 e. The maximum atomic E-state index is 13.4. The van der Waals surface area contributed by atoms with Crippen molar-refractivity contribution in [2.75, 3.05) is 38.6 Å². The molecule has 3 rings (SSSR count). The molecule has 1 aliphatic rings. The van der Waals surface area contributed by atoms with E-state index in [9.17, 15) is 9.59 Å². The van der Waals surface area contributed by atoms with Crippen molar-refractivity contribution in [3.63, 3.8) is 0 Å². The molecule has 0 radical (unpaired) electrons. The Morgan fingerprint density at radius 3 is 2.32 bits per heavy atom. The molecule has 0 aliphatic carbocycles. The van der Waals surface area contributed by atoms with Crippen LogP contribution >= 0.6 is 0 Å². The average molecular weight is 380 g/mol. The standard InChI is InChI=1S/C23H29N3O2/c1-24(2)14-9-15-25-18-20(16-22(25)27)23(28)26(21-12-7-4-8-13-21)17-19-10-5-3-6-11-19/h3-8,10-13,20H,9,14-18H2,1-2H3. The fraction of sp³-hybridized carbons (Fsp3) is 0.391. The quantitative estimate of drug-likeness (QED) is 0.708. The van der Waals surface area contributed by atoms with Gasteiger partial charge in [0, 0.05) is 25.2 Å². The molecule has 1 heterocycles. The Labute approximate surface area is 167 Å². The summed E-state index contributed by atoms with van der Waals surface area (Å²) in [6, 6.07) is 19.7. The van der Waals surface area contributed by atoms with Gasteiger partial charge >= 0.3 is 0 Å². The molecule has 1 saturated heterocycles. The number of likely N-dealkylation sites (tertiary alicyclic amines) is 1. The van der Waals surface area contributed by atoms with Gasteiger partial charge in [0.15, 0.2) is 0 Å². The van der Waals surface area contributed by atoms with Gasteiger partial charge in [-0.25, -0.2) is 0 Å². The van der Waals surface area contributed by atoms with Crippen molar-refractivity contribution in [1.29, 1.82) is 0 Å². The highest BCUT2D eigenvalue weighted by atomic mass is 16.2. The predicted octanol–water partition coefficient (Wildman–Crippen LogP) is 3.02. The highest BCUT2D eigenvalue weighted by molar-refractivity contribution is 5.99. The molecule has 2 aromatic carbocycles. The number of anilines is 1. The molecule has 0 saturated carbocycles. The van der Waals surface area contributed by atoms with Crippen molar-refractivity contribution in [2.45, 2.75) is 19.4 Å². The van der Waals surface area contributed by atoms with Gasteiger partial charge in [0.05, 0.1) is 12.5 Å². The number of rotatable bonds is 8. The zero-order chi connectivity index (χ0) is 19.9. The van der Waals surface area contributed by atoms with E-state index < -0.39 is 0 Å². The van der Waals surface area contributed by atoms with E-state index in [1.165, 1.54) is 0 Å². The van der Waals surface area contributed by atoms with Crippen molar-refractivity contribution in [2.24, 2.45) is 5.92 Å². The second-order valence-corrected chi connectivity index (χ2v) is 7.64. The van der Waals surface area contributed by atoms with Gasteiger partial charge in [0.2, 0.25) is 11.8 Å². The molecule has 1 atom stereocenters. The summed E-state index contributed by atoms with van der Waals surface area (Å²) in [5.41, 5.74) is 1.95. The van der Waals surface area contributed by atoms with Crippen LogP contribution in [0, 0.1) is 5.92 Å². The second-order valence-electron chi connectivity index (χ2n) is 7.64. The molecule has 0 aromatic heterocycles. The Morgan fingerprint density at radius 1 is 1.04 bits per heavy atom. The van der Waals surface area contributed by atoms with E-state index >= 15 is 0 Å². The number of hydrogen-bond acceptors (Lipinski definition) is 3. The molecule has 5 heteroatoms. The van der Waals surface area contributed by atoms with E-state index in [0.717, 1.165) is 24.2 Å². The molecule has 0 N–H and O–H groups in total. The lowest BCUT2D eigenvalue weighted by molar-refractivity contribution is -0.128. The van der Waals surface area contributed by atoms with Crippen molar-refractivity contribution in [1.82, 2.24) is 9.80 Å². The normalized spacial score (nSPS) is 16.6. The van der Waals surface area contributed by atoms with E-state index in [-0.39, 0.29) is 17.7 Å². The van der Waals surface area contributed by atoms with Crippen LogP contribution in [0.1, 0.15) is 18.4 Å². The van der Waals surface area contributed by atoms with Gasteiger partial charge in [-0.15, -0.1) is 0 Å². The minimum atomic E-state index is -0.282. The first-order valence-corrected chi connectivity index (χ1v) is 9.87. The number of benzene rings is 2. The molecule has 28 heavy (non-hydrogen) atoms. The van der Waals surface area contributed by atoms with E-state index in [4.69, 9.17) is 0 Å². The lowest BCUT2D eigenvalue weighted by Crippen LogP contribution is -2.37. The third kappa shape index (κ3) is 5.20.